The first-order chi connectivity index (χ1) is 5.67. The Labute approximate surface area is 74.7 Å². The van der Waals surface area contributed by atoms with Gasteiger partial charge < -0.3 is 0 Å². The van der Waals surface area contributed by atoms with Gasteiger partial charge in [0, 0.05) is 0 Å². The van der Waals surface area contributed by atoms with E-state index in [1.165, 1.54) is 0 Å². The van der Waals surface area contributed by atoms with E-state index in [1.54, 1.807) is 6.08 Å². The highest BCUT2D eigenvalue weighted by Crippen LogP contribution is 2.18. The number of allylic oxidation sites excluding steroid dienone is 5. The standard InChI is InChI=1S/C11H15N/c1-5-9(3)11(7-8-12)10(4)6-2/h5-6H,1,7H2,2-4H3/b10-6-,11-9-. The molecule has 0 heterocycles. The van der Waals surface area contributed by atoms with E-state index in [-0.39, 0.29) is 0 Å². The molecule has 0 aliphatic carbocycles. The van der Waals surface area contributed by atoms with Gasteiger partial charge in [-0.1, -0.05) is 24.3 Å². The molecule has 0 N–H and O–H groups in total. The lowest BCUT2D eigenvalue weighted by molar-refractivity contribution is 1.16. The number of hydrogen-bond acceptors (Lipinski definition) is 1. The minimum atomic E-state index is 0.466. The van der Waals surface area contributed by atoms with Crippen molar-refractivity contribution >= 4 is 0 Å². The van der Waals surface area contributed by atoms with Crippen LogP contribution in [-0.2, 0) is 0 Å². The molecule has 1 heteroatoms. The van der Waals surface area contributed by atoms with E-state index in [4.69, 9.17) is 5.26 Å². The third-order valence-electron chi connectivity index (χ3n) is 1.95. The first-order valence-electron chi connectivity index (χ1n) is 3.99. The molecule has 0 rings (SSSR count). The second kappa shape index (κ2) is 5.37. The van der Waals surface area contributed by atoms with Gasteiger partial charge in [-0.3, -0.25) is 0 Å². The molecule has 12 heavy (non-hydrogen) atoms. The average Bonchev–Trinajstić information content (AvgIpc) is 2.11. The molecular formula is C11H15N. The molecule has 0 saturated carbocycles. The molecule has 0 unspecified atom stereocenters. The van der Waals surface area contributed by atoms with Crippen molar-refractivity contribution in [1.29, 1.82) is 5.26 Å². The fourth-order valence-electron chi connectivity index (χ4n) is 0.966. The molecule has 0 fully saturated rings. The zero-order valence-corrected chi connectivity index (χ0v) is 8.02. The van der Waals surface area contributed by atoms with Gasteiger partial charge in [-0.05, 0) is 31.9 Å². The Hall–Kier alpha value is -1.29. The third kappa shape index (κ3) is 2.75. The van der Waals surface area contributed by atoms with Crippen LogP contribution in [-0.4, -0.2) is 0 Å². The zero-order chi connectivity index (χ0) is 9.56. The van der Waals surface area contributed by atoms with Gasteiger partial charge >= 0.3 is 0 Å². The summed E-state index contributed by atoms with van der Waals surface area (Å²) < 4.78 is 0. The summed E-state index contributed by atoms with van der Waals surface area (Å²) in [5.74, 6) is 0. The van der Waals surface area contributed by atoms with Crippen molar-refractivity contribution in [3.05, 3.63) is 35.5 Å². The normalized spacial score (nSPS) is 13.3. The van der Waals surface area contributed by atoms with Crippen molar-refractivity contribution in [2.75, 3.05) is 0 Å². The predicted octanol–water partition coefficient (Wildman–Crippen LogP) is 3.37. The van der Waals surface area contributed by atoms with Gasteiger partial charge in [-0.2, -0.15) is 5.26 Å². The molecule has 0 radical (unpaired) electrons. The van der Waals surface area contributed by atoms with Crippen LogP contribution in [0.2, 0.25) is 0 Å². The summed E-state index contributed by atoms with van der Waals surface area (Å²) in [7, 11) is 0. The van der Waals surface area contributed by atoms with E-state index >= 15 is 0 Å². The molecule has 0 aromatic heterocycles. The predicted molar refractivity (Wildman–Crippen MR) is 52.6 cm³/mol. The SMILES string of the molecule is C=C/C(C)=C(CC#N)\C(C)=C/C. The van der Waals surface area contributed by atoms with E-state index in [0.717, 1.165) is 16.7 Å². The molecule has 0 atom stereocenters. The molecule has 1 nitrogen and oxygen atoms in total. The molecule has 64 valence electrons. The van der Waals surface area contributed by atoms with Crippen molar-refractivity contribution in [2.45, 2.75) is 27.2 Å². The molecule has 0 aliphatic rings. The molecule has 0 aromatic carbocycles. The van der Waals surface area contributed by atoms with Crippen molar-refractivity contribution in [1.82, 2.24) is 0 Å². The summed E-state index contributed by atoms with van der Waals surface area (Å²) >= 11 is 0. The van der Waals surface area contributed by atoms with Crippen LogP contribution in [0.4, 0.5) is 0 Å². The zero-order valence-electron chi connectivity index (χ0n) is 8.02. The minimum absolute atomic E-state index is 0.466. The molecule has 0 aliphatic heterocycles. The maximum atomic E-state index is 8.58. The lowest BCUT2D eigenvalue weighted by atomic mass is 9.99. The van der Waals surface area contributed by atoms with E-state index in [1.807, 2.05) is 26.8 Å². The van der Waals surface area contributed by atoms with Gasteiger partial charge in [0.2, 0.25) is 0 Å². The van der Waals surface area contributed by atoms with Crippen LogP contribution < -0.4 is 0 Å². The van der Waals surface area contributed by atoms with Crippen LogP contribution >= 0.6 is 0 Å². The minimum Gasteiger partial charge on any atom is -0.198 e. The van der Waals surface area contributed by atoms with E-state index < -0.39 is 0 Å². The molecule has 0 aromatic rings. The summed E-state index contributed by atoms with van der Waals surface area (Å²) in [5, 5.41) is 8.58. The van der Waals surface area contributed by atoms with Crippen molar-refractivity contribution in [2.24, 2.45) is 0 Å². The number of rotatable bonds is 3. The van der Waals surface area contributed by atoms with Gasteiger partial charge in [0.1, 0.15) is 0 Å². The van der Waals surface area contributed by atoms with Crippen LogP contribution in [0.15, 0.2) is 35.5 Å². The molecule has 0 bridgehead atoms. The van der Waals surface area contributed by atoms with Gasteiger partial charge in [0.25, 0.3) is 0 Å². The van der Waals surface area contributed by atoms with Crippen molar-refractivity contribution in [3.8, 4) is 6.07 Å². The average molecular weight is 161 g/mol. The van der Waals surface area contributed by atoms with Gasteiger partial charge in [-0.25, -0.2) is 0 Å². The Morgan fingerprint density at radius 2 is 2.08 bits per heavy atom. The van der Waals surface area contributed by atoms with Gasteiger partial charge in [0.05, 0.1) is 12.5 Å². The second-order valence-corrected chi connectivity index (χ2v) is 2.67. The fraction of sp³-hybridized carbons (Fsp3) is 0.364. The number of nitriles is 1. The Bertz CT molecular complexity index is 261. The second-order valence-electron chi connectivity index (χ2n) is 2.67. The maximum absolute atomic E-state index is 8.58. The van der Waals surface area contributed by atoms with Gasteiger partial charge in [0.15, 0.2) is 0 Å². The van der Waals surface area contributed by atoms with Crippen molar-refractivity contribution < 1.29 is 0 Å². The lowest BCUT2D eigenvalue weighted by Gasteiger charge is -2.05. The quantitative estimate of drug-likeness (QED) is 0.582. The Morgan fingerprint density at radius 1 is 1.50 bits per heavy atom. The smallest absolute Gasteiger partial charge is 0.0669 e. The monoisotopic (exact) mass is 161 g/mol. The third-order valence-corrected chi connectivity index (χ3v) is 1.95. The van der Waals surface area contributed by atoms with Gasteiger partial charge in [-0.15, -0.1) is 0 Å². The highest BCUT2D eigenvalue weighted by Gasteiger charge is 2.00. The largest absolute Gasteiger partial charge is 0.198 e. The highest BCUT2D eigenvalue weighted by atomic mass is 14.2. The lowest BCUT2D eigenvalue weighted by Crippen LogP contribution is -1.88. The van der Waals surface area contributed by atoms with Crippen LogP contribution in [0.25, 0.3) is 0 Å². The highest BCUT2D eigenvalue weighted by molar-refractivity contribution is 5.38. The van der Waals surface area contributed by atoms with E-state index in [9.17, 15) is 0 Å². The van der Waals surface area contributed by atoms with Crippen LogP contribution in [0, 0.1) is 11.3 Å². The first kappa shape index (κ1) is 10.7. The summed E-state index contributed by atoms with van der Waals surface area (Å²) in [6, 6.07) is 2.15. The van der Waals surface area contributed by atoms with Crippen LogP contribution in [0.5, 0.6) is 0 Å². The summed E-state index contributed by atoms with van der Waals surface area (Å²) in [6.45, 7) is 9.65. The summed E-state index contributed by atoms with van der Waals surface area (Å²) in [6.07, 6.45) is 4.27. The van der Waals surface area contributed by atoms with Crippen LogP contribution in [0.3, 0.4) is 0 Å². The number of nitrogens with zero attached hydrogens (tertiary/aromatic N) is 1. The summed E-state index contributed by atoms with van der Waals surface area (Å²) in [4.78, 5) is 0. The Morgan fingerprint density at radius 3 is 2.42 bits per heavy atom. The van der Waals surface area contributed by atoms with Crippen molar-refractivity contribution in [3.63, 3.8) is 0 Å². The molecular weight excluding hydrogens is 146 g/mol. The maximum Gasteiger partial charge on any atom is 0.0669 e. The molecule has 0 saturated heterocycles. The first-order valence-corrected chi connectivity index (χ1v) is 3.99. The molecule has 0 amide bonds. The number of hydrogen-bond donors (Lipinski definition) is 0. The summed E-state index contributed by atoms with van der Waals surface area (Å²) in [5.41, 5.74) is 3.34. The van der Waals surface area contributed by atoms with E-state index in [0.29, 0.717) is 6.42 Å². The fourth-order valence-corrected chi connectivity index (χ4v) is 0.966. The topological polar surface area (TPSA) is 23.8 Å². The molecule has 0 spiro atoms. The Kier molecular flexibility index (Phi) is 4.79. The Balaban J connectivity index is 4.93. The van der Waals surface area contributed by atoms with Crippen LogP contribution in [0.1, 0.15) is 27.2 Å². The van der Waals surface area contributed by atoms with E-state index in [2.05, 4.69) is 12.6 Å².